The highest BCUT2D eigenvalue weighted by molar-refractivity contribution is 7.92. The molecule has 0 aliphatic carbocycles. The van der Waals surface area contributed by atoms with E-state index in [1.807, 2.05) is 44.2 Å². The van der Waals surface area contributed by atoms with Crippen LogP contribution in [0.1, 0.15) is 31.4 Å². The molecule has 0 unspecified atom stereocenters. The van der Waals surface area contributed by atoms with Crippen LogP contribution in [0.25, 0.3) is 0 Å². The number of carbonyl (C=O) groups is 2. The Labute approximate surface area is 279 Å². The molecule has 4 rings (SSSR count). The third kappa shape index (κ3) is 9.01. The fraction of sp³-hybridized carbons (Fsp3) is 0.235. The number of halogens is 3. The minimum atomic E-state index is -4.28. The maximum Gasteiger partial charge on any atom is 0.264 e. The molecule has 0 heterocycles. The maximum absolute atomic E-state index is 14.5. The van der Waals surface area contributed by atoms with Gasteiger partial charge in [0.05, 0.1) is 10.6 Å². The molecule has 4 aromatic carbocycles. The van der Waals surface area contributed by atoms with Crippen molar-refractivity contribution < 1.29 is 18.0 Å². The minimum Gasteiger partial charge on any atom is -0.352 e. The lowest BCUT2D eigenvalue weighted by Gasteiger charge is -2.34. The molecule has 0 fully saturated rings. The van der Waals surface area contributed by atoms with Crippen molar-refractivity contribution in [3.63, 3.8) is 0 Å². The maximum atomic E-state index is 14.5. The van der Waals surface area contributed by atoms with E-state index in [1.54, 1.807) is 42.5 Å². The van der Waals surface area contributed by atoms with Crippen LogP contribution < -0.4 is 9.62 Å². The average Bonchev–Trinajstić information content (AvgIpc) is 3.02. The molecule has 2 amide bonds. The third-order valence-electron chi connectivity index (χ3n) is 7.32. The lowest BCUT2D eigenvalue weighted by molar-refractivity contribution is -0.140. The molecule has 0 aromatic heterocycles. The van der Waals surface area contributed by atoms with E-state index in [9.17, 15) is 18.0 Å². The van der Waals surface area contributed by atoms with Crippen molar-refractivity contribution in [1.82, 2.24) is 10.2 Å². The molecule has 7 nitrogen and oxygen atoms in total. The van der Waals surface area contributed by atoms with Gasteiger partial charge >= 0.3 is 0 Å². The van der Waals surface area contributed by atoms with E-state index >= 15 is 0 Å². The van der Waals surface area contributed by atoms with Gasteiger partial charge in [-0.1, -0.05) is 108 Å². The van der Waals surface area contributed by atoms with Gasteiger partial charge in [0, 0.05) is 34.1 Å². The van der Waals surface area contributed by atoms with E-state index < -0.39 is 28.5 Å². The summed E-state index contributed by atoms with van der Waals surface area (Å²) < 4.78 is 29.1. The highest BCUT2D eigenvalue weighted by Crippen LogP contribution is 2.30. The first-order valence-corrected chi connectivity index (χ1v) is 17.0. The fourth-order valence-electron chi connectivity index (χ4n) is 4.74. The molecule has 0 aliphatic rings. The van der Waals surface area contributed by atoms with Crippen molar-refractivity contribution in [2.45, 2.75) is 50.2 Å². The first-order valence-electron chi connectivity index (χ1n) is 14.4. The molecule has 45 heavy (non-hydrogen) atoms. The van der Waals surface area contributed by atoms with Crippen LogP contribution in [-0.2, 0) is 32.6 Å². The Balaban J connectivity index is 1.83. The Morgan fingerprint density at radius 2 is 1.40 bits per heavy atom. The number of anilines is 1. The highest BCUT2D eigenvalue weighted by atomic mass is 35.5. The summed E-state index contributed by atoms with van der Waals surface area (Å²) in [6.07, 6.45) is 0.870. The summed E-state index contributed by atoms with van der Waals surface area (Å²) in [4.78, 5) is 29.8. The topological polar surface area (TPSA) is 86.8 Å². The van der Waals surface area contributed by atoms with Crippen molar-refractivity contribution >= 4 is 62.3 Å². The van der Waals surface area contributed by atoms with Crippen LogP contribution in [0, 0.1) is 0 Å². The number of rotatable bonds is 13. The van der Waals surface area contributed by atoms with E-state index in [-0.39, 0.29) is 45.5 Å². The second kappa shape index (κ2) is 15.6. The van der Waals surface area contributed by atoms with Crippen LogP contribution in [0.15, 0.2) is 108 Å². The van der Waals surface area contributed by atoms with Gasteiger partial charge in [-0.25, -0.2) is 8.42 Å². The lowest BCUT2D eigenvalue weighted by atomic mass is 10.0. The summed E-state index contributed by atoms with van der Waals surface area (Å²) in [5.74, 6) is -0.984. The van der Waals surface area contributed by atoms with E-state index in [1.165, 1.54) is 35.2 Å². The molecule has 1 N–H and O–H groups in total. The number of nitrogens with zero attached hydrogens (tertiary/aromatic N) is 2. The summed E-state index contributed by atoms with van der Waals surface area (Å²) in [7, 11) is -4.28. The molecule has 11 heteroatoms. The number of amides is 2. The number of nitrogens with one attached hydrogen (secondary N) is 1. The highest BCUT2D eigenvalue weighted by Gasteiger charge is 2.35. The van der Waals surface area contributed by atoms with E-state index in [0.29, 0.717) is 17.0 Å². The molecule has 0 aliphatic heterocycles. The Bertz CT molecular complexity index is 1700. The van der Waals surface area contributed by atoms with Gasteiger partial charge in [0.15, 0.2) is 0 Å². The molecule has 2 atom stereocenters. The molecule has 0 bridgehead atoms. The van der Waals surface area contributed by atoms with Crippen LogP contribution in [0.3, 0.4) is 0 Å². The Morgan fingerprint density at radius 1 is 0.822 bits per heavy atom. The SMILES string of the molecule is CC[C@H](C)NC(=O)[C@@H](Cc1ccccc1)N(Cc1ccccc1Cl)C(=O)CN(c1cc(Cl)cc(Cl)c1)S(=O)(=O)c1ccccc1. The predicted molar refractivity (Wildman–Crippen MR) is 181 cm³/mol. The number of hydrogen-bond acceptors (Lipinski definition) is 4. The summed E-state index contributed by atoms with van der Waals surface area (Å²) in [6, 6.07) is 27.3. The van der Waals surface area contributed by atoms with Gasteiger partial charge in [0.25, 0.3) is 10.0 Å². The zero-order chi connectivity index (χ0) is 32.6. The molecular weight excluding hydrogens is 653 g/mol. The average molecular weight is 687 g/mol. The summed E-state index contributed by atoms with van der Waals surface area (Å²) >= 11 is 19.1. The van der Waals surface area contributed by atoms with Crippen molar-refractivity contribution in [3.8, 4) is 0 Å². The minimum absolute atomic E-state index is 0.0260. The van der Waals surface area contributed by atoms with Crippen molar-refractivity contribution in [1.29, 1.82) is 0 Å². The van der Waals surface area contributed by atoms with E-state index in [2.05, 4.69) is 5.32 Å². The van der Waals surface area contributed by atoms with E-state index in [0.717, 1.165) is 9.87 Å². The smallest absolute Gasteiger partial charge is 0.264 e. The van der Waals surface area contributed by atoms with E-state index in [4.69, 9.17) is 34.8 Å². The van der Waals surface area contributed by atoms with Crippen LogP contribution >= 0.6 is 34.8 Å². The van der Waals surface area contributed by atoms with Crippen LogP contribution in [0.5, 0.6) is 0 Å². The number of carbonyl (C=O) groups excluding carboxylic acids is 2. The first kappa shape index (κ1) is 34.3. The Morgan fingerprint density at radius 3 is 2.00 bits per heavy atom. The Hall–Kier alpha value is -3.56. The van der Waals surface area contributed by atoms with Gasteiger partial charge in [0.2, 0.25) is 11.8 Å². The quantitative estimate of drug-likeness (QED) is 0.159. The molecule has 0 spiro atoms. The number of sulfonamides is 1. The van der Waals surface area contributed by atoms with Crippen LogP contribution in [0.2, 0.25) is 15.1 Å². The fourth-order valence-corrected chi connectivity index (χ4v) is 6.87. The number of benzene rings is 4. The Kier molecular flexibility index (Phi) is 11.9. The zero-order valence-corrected chi connectivity index (χ0v) is 28.0. The van der Waals surface area contributed by atoms with Crippen molar-refractivity contribution in [2.24, 2.45) is 0 Å². The van der Waals surface area contributed by atoms with Crippen molar-refractivity contribution in [2.75, 3.05) is 10.8 Å². The van der Waals surface area contributed by atoms with Gasteiger partial charge in [-0.05, 0) is 60.9 Å². The van der Waals surface area contributed by atoms with Crippen LogP contribution in [-0.4, -0.2) is 43.8 Å². The summed E-state index contributed by atoms with van der Waals surface area (Å²) in [6.45, 7) is 3.15. The largest absolute Gasteiger partial charge is 0.352 e. The third-order valence-corrected chi connectivity index (χ3v) is 9.91. The molecule has 0 saturated carbocycles. The second-order valence-electron chi connectivity index (χ2n) is 10.6. The molecule has 4 aromatic rings. The van der Waals surface area contributed by atoms with Gasteiger partial charge in [-0.3, -0.25) is 13.9 Å². The molecule has 0 saturated heterocycles. The first-order chi connectivity index (χ1) is 21.5. The van der Waals surface area contributed by atoms with Gasteiger partial charge in [0.1, 0.15) is 12.6 Å². The number of hydrogen-bond donors (Lipinski definition) is 1. The summed E-state index contributed by atoms with van der Waals surface area (Å²) in [5.41, 5.74) is 1.53. The zero-order valence-electron chi connectivity index (χ0n) is 24.9. The van der Waals surface area contributed by atoms with Gasteiger partial charge in [-0.15, -0.1) is 0 Å². The van der Waals surface area contributed by atoms with Crippen molar-refractivity contribution in [3.05, 3.63) is 129 Å². The van der Waals surface area contributed by atoms with Gasteiger partial charge in [-0.2, -0.15) is 0 Å². The standard InChI is InChI=1S/C34H34Cl3N3O4S/c1-3-24(2)38-34(42)32(18-25-12-6-4-7-13-25)39(22-26-14-10-11-17-31(26)37)33(41)23-40(29-20-27(35)19-28(36)21-29)45(43,44)30-15-8-5-9-16-30/h4-17,19-21,24,32H,3,18,22-23H2,1-2H3,(H,38,42)/t24-,32+/m0/s1. The second-order valence-corrected chi connectivity index (χ2v) is 13.7. The normalized spacial score (nSPS) is 12.6. The monoisotopic (exact) mass is 685 g/mol. The molecular formula is C34H34Cl3N3O4S. The summed E-state index contributed by atoms with van der Waals surface area (Å²) in [5, 5.41) is 3.81. The predicted octanol–water partition coefficient (Wildman–Crippen LogP) is 7.40. The van der Waals surface area contributed by atoms with Crippen LogP contribution in [0.4, 0.5) is 5.69 Å². The lowest BCUT2D eigenvalue weighted by Crippen LogP contribution is -2.54. The molecule has 0 radical (unpaired) electrons. The molecule has 236 valence electrons. The van der Waals surface area contributed by atoms with Gasteiger partial charge < -0.3 is 10.2 Å².